The van der Waals surface area contributed by atoms with Gasteiger partial charge in [-0.2, -0.15) is 0 Å². The molecule has 1 atom stereocenters. The molecule has 0 unspecified atom stereocenters. The highest BCUT2D eigenvalue weighted by atomic mass is 16.5. The van der Waals surface area contributed by atoms with Gasteiger partial charge in [-0.25, -0.2) is 0 Å². The van der Waals surface area contributed by atoms with Crippen LogP contribution in [-0.2, 0) is 11.3 Å². The van der Waals surface area contributed by atoms with E-state index in [0.29, 0.717) is 13.2 Å². The second kappa shape index (κ2) is 6.25. The van der Waals surface area contributed by atoms with E-state index in [1.54, 1.807) is 6.92 Å². The van der Waals surface area contributed by atoms with Crippen molar-refractivity contribution in [3.8, 4) is 5.75 Å². The smallest absolute Gasteiger partial charge is 0.236 e. The van der Waals surface area contributed by atoms with Gasteiger partial charge in [0, 0.05) is 12.1 Å². The van der Waals surface area contributed by atoms with Gasteiger partial charge in [0.05, 0.1) is 12.6 Å². The van der Waals surface area contributed by atoms with Gasteiger partial charge < -0.3 is 15.8 Å². The molecule has 0 radical (unpaired) electrons. The third-order valence-electron chi connectivity index (χ3n) is 2.39. The van der Waals surface area contributed by atoms with Crippen LogP contribution in [0, 0.1) is 6.92 Å². The van der Waals surface area contributed by atoms with Crippen LogP contribution in [-0.4, -0.2) is 18.6 Å². The van der Waals surface area contributed by atoms with Gasteiger partial charge in [-0.15, -0.1) is 0 Å². The number of nitrogens with one attached hydrogen (secondary N) is 1. The van der Waals surface area contributed by atoms with Crippen LogP contribution in [0.15, 0.2) is 18.2 Å². The molecular weight excluding hydrogens is 216 g/mol. The van der Waals surface area contributed by atoms with Gasteiger partial charge in [0.1, 0.15) is 5.75 Å². The van der Waals surface area contributed by atoms with Crippen molar-refractivity contribution >= 4 is 5.91 Å². The summed E-state index contributed by atoms with van der Waals surface area (Å²) < 4.78 is 5.53. The summed E-state index contributed by atoms with van der Waals surface area (Å²) >= 11 is 0. The van der Waals surface area contributed by atoms with E-state index in [9.17, 15) is 4.79 Å². The first-order valence-corrected chi connectivity index (χ1v) is 5.80. The van der Waals surface area contributed by atoms with E-state index >= 15 is 0 Å². The quantitative estimate of drug-likeness (QED) is 0.811. The molecule has 0 aliphatic rings. The van der Waals surface area contributed by atoms with Crippen molar-refractivity contribution in [3.05, 3.63) is 29.3 Å². The van der Waals surface area contributed by atoms with Crippen molar-refractivity contribution in [2.24, 2.45) is 5.73 Å². The molecule has 4 nitrogen and oxygen atoms in total. The average Bonchev–Trinajstić information content (AvgIpc) is 2.28. The molecule has 0 aliphatic heterocycles. The molecule has 0 heterocycles. The molecule has 0 saturated heterocycles. The van der Waals surface area contributed by atoms with Crippen LogP contribution in [0.4, 0.5) is 0 Å². The summed E-state index contributed by atoms with van der Waals surface area (Å²) in [5.74, 6) is 0.658. The number of nitrogens with two attached hydrogens (primary N) is 1. The van der Waals surface area contributed by atoms with Gasteiger partial charge >= 0.3 is 0 Å². The Labute approximate surface area is 102 Å². The summed E-state index contributed by atoms with van der Waals surface area (Å²) in [6, 6.07) is 5.44. The minimum atomic E-state index is -0.490. The highest BCUT2D eigenvalue weighted by Gasteiger charge is 2.09. The number of aryl methyl sites for hydroxylation is 1. The van der Waals surface area contributed by atoms with Crippen LogP contribution in [0.25, 0.3) is 0 Å². The molecule has 17 heavy (non-hydrogen) atoms. The number of ether oxygens (including phenoxy) is 1. The predicted octanol–water partition coefficient (Wildman–Crippen LogP) is 1.36. The number of hydrogen-bond donors (Lipinski definition) is 2. The molecule has 1 amide bonds. The maximum absolute atomic E-state index is 11.4. The van der Waals surface area contributed by atoms with Crippen LogP contribution >= 0.6 is 0 Å². The van der Waals surface area contributed by atoms with Crippen molar-refractivity contribution in [3.63, 3.8) is 0 Å². The van der Waals surface area contributed by atoms with E-state index < -0.39 is 6.04 Å². The van der Waals surface area contributed by atoms with E-state index in [0.717, 1.165) is 16.9 Å². The number of carbonyl (C=O) groups is 1. The Kier molecular flexibility index (Phi) is 4.97. The van der Waals surface area contributed by atoms with Gasteiger partial charge in [-0.3, -0.25) is 4.79 Å². The van der Waals surface area contributed by atoms with Crippen molar-refractivity contribution in [2.75, 3.05) is 6.61 Å². The summed E-state index contributed by atoms with van der Waals surface area (Å²) in [6.45, 7) is 6.65. The normalized spacial score (nSPS) is 12.0. The van der Waals surface area contributed by atoms with Crippen molar-refractivity contribution in [2.45, 2.75) is 33.4 Å². The highest BCUT2D eigenvalue weighted by molar-refractivity contribution is 5.80. The Morgan fingerprint density at radius 1 is 1.53 bits per heavy atom. The lowest BCUT2D eigenvalue weighted by atomic mass is 10.1. The second-order valence-corrected chi connectivity index (χ2v) is 4.05. The van der Waals surface area contributed by atoms with Gasteiger partial charge in [-0.05, 0) is 32.4 Å². The average molecular weight is 236 g/mol. The Balaban J connectivity index is 2.72. The van der Waals surface area contributed by atoms with Gasteiger partial charge in [0.2, 0.25) is 5.91 Å². The summed E-state index contributed by atoms with van der Waals surface area (Å²) in [5, 5.41) is 2.77. The van der Waals surface area contributed by atoms with Gasteiger partial charge in [0.15, 0.2) is 0 Å². The Morgan fingerprint density at radius 2 is 2.24 bits per heavy atom. The Bertz CT molecular complexity index is 389. The molecule has 4 heteroatoms. The topological polar surface area (TPSA) is 64.3 Å². The van der Waals surface area contributed by atoms with Gasteiger partial charge in [0.25, 0.3) is 0 Å². The standard InChI is InChI=1S/C13H20N2O2/c1-4-17-12-7-9(2)5-6-11(12)8-15-13(16)10(3)14/h5-7,10H,4,8,14H2,1-3H3,(H,15,16)/t10-/m1/s1. The molecule has 1 aromatic rings. The van der Waals surface area contributed by atoms with Crippen molar-refractivity contribution in [1.29, 1.82) is 0 Å². The minimum Gasteiger partial charge on any atom is -0.494 e. The highest BCUT2D eigenvalue weighted by Crippen LogP contribution is 2.20. The first kappa shape index (κ1) is 13.5. The minimum absolute atomic E-state index is 0.159. The Hall–Kier alpha value is -1.55. The number of amides is 1. The van der Waals surface area contributed by atoms with Crippen LogP contribution in [0.2, 0.25) is 0 Å². The molecule has 1 rings (SSSR count). The maximum Gasteiger partial charge on any atom is 0.236 e. The zero-order chi connectivity index (χ0) is 12.8. The monoisotopic (exact) mass is 236 g/mol. The summed E-state index contributed by atoms with van der Waals surface area (Å²) in [5.41, 5.74) is 7.58. The molecule has 0 spiro atoms. The fourth-order valence-corrected chi connectivity index (χ4v) is 1.44. The molecule has 0 fully saturated rings. The van der Waals surface area contributed by atoms with E-state index in [4.69, 9.17) is 10.5 Å². The molecule has 0 aromatic heterocycles. The third-order valence-corrected chi connectivity index (χ3v) is 2.39. The summed E-state index contributed by atoms with van der Waals surface area (Å²) in [6.07, 6.45) is 0. The van der Waals surface area contributed by atoms with Crippen LogP contribution in [0.3, 0.4) is 0 Å². The van der Waals surface area contributed by atoms with Crippen LogP contribution < -0.4 is 15.8 Å². The second-order valence-electron chi connectivity index (χ2n) is 4.05. The fraction of sp³-hybridized carbons (Fsp3) is 0.462. The lowest BCUT2D eigenvalue weighted by Gasteiger charge is -2.13. The molecule has 0 aliphatic carbocycles. The van der Waals surface area contributed by atoms with Crippen molar-refractivity contribution < 1.29 is 9.53 Å². The van der Waals surface area contributed by atoms with Crippen LogP contribution in [0.1, 0.15) is 25.0 Å². The number of rotatable bonds is 5. The SMILES string of the molecule is CCOc1cc(C)ccc1CNC(=O)[C@@H](C)N. The third kappa shape index (κ3) is 4.07. The lowest BCUT2D eigenvalue weighted by molar-refractivity contribution is -0.122. The molecule has 94 valence electrons. The molecule has 0 saturated carbocycles. The maximum atomic E-state index is 11.4. The summed E-state index contributed by atoms with van der Waals surface area (Å²) in [4.78, 5) is 11.4. The molecule has 1 aromatic carbocycles. The zero-order valence-corrected chi connectivity index (χ0v) is 10.6. The first-order valence-electron chi connectivity index (χ1n) is 5.80. The first-order chi connectivity index (χ1) is 8.04. The molecular formula is C13H20N2O2. The van der Waals surface area contributed by atoms with E-state index in [-0.39, 0.29) is 5.91 Å². The fourth-order valence-electron chi connectivity index (χ4n) is 1.44. The zero-order valence-electron chi connectivity index (χ0n) is 10.6. The van der Waals surface area contributed by atoms with E-state index in [1.807, 2.05) is 32.0 Å². The van der Waals surface area contributed by atoms with Crippen molar-refractivity contribution in [1.82, 2.24) is 5.32 Å². The van der Waals surface area contributed by atoms with E-state index in [2.05, 4.69) is 5.32 Å². The number of hydrogen-bond acceptors (Lipinski definition) is 3. The molecule has 3 N–H and O–H groups in total. The largest absolute Gasteiger partial charge is 0.494 e. The number of benzene rings is 1. The number of carbonyl (C=O) groups excluding carboxylic acids is 1. The van der Waals surface area contributed by atoms with Gasteiger partial charge in [-0.1, -0.05) is 12.1 Å². The Morgan fingerprint density at radius 3 is 2.82 bits per heavy atom. The summed E-state index contributed by atoms with van der Waals surface area (Å²) in [7, 11) is 0. The predicted molar refractivity (Wildman–Crippen MR) is 67.8 cm³/mol. The lowest BCUT2D eigenvalue weighted by Crippen LogP contribution is -2.37. The van der Waals surface area contributed by atoms with E-state index in [1.165, 1.54) is 0 Å². The van der Waals surface area contributed by atoms with Crippen LogP contribution in [0.5, 0.6) is 5.75 Å². The molecule has 0 bridgehead atoms.